The molecule has 0 saturated carbocycles. The SMILES string of the molecule is CN1CCC(CCc2ccccc2)(N2CCN(Cc3ccccc3)CC2)CC1. The monoisotopic (exact) mass is 377 g/mol. The van der Waals surface area contributed by atoms with Crippen LogP contribution >= 0.6 is 0 Å². The Morgan fingerprint density at radius 2 is 1.29 bits per heavy atom. The molecule has 0 bridgehead atoms. The first kappa shape index (κ1) is 19.6. The van der Waals surface area contributed by atoms with Crippen LogP contribution in [0.1, 0.15) is 30.4 Å². The predicted octanol–water partition coefficient (Wildman–Crippen LogP) is 3.90. The van der Waals surface area contributed by atoms with Crippen LogP contribution in [0, 0.1) is 0 Å². The van der Waals surface area contributed by atoms with E-state index in [1.165, 1.54) is 76.1 Å². The van der Waals surface area contributed by atoms with E-state index in [0.717, 1.165) is 6.54 Å². The smallest absolute Gasteiger partial charge is 0.0238 e. The van der Waals surface area contributed by atoms with Crippen LogP contribution in [0.15, 0.2) is 60.7 Å². The second kappa shape index (κ2) is 9.21. The fourth-order valence-electron chi connectivity index (χ4n) is 5.00. The van der Waals surface area contributed by atoms with Gasteiger partial charge in [0.25, 0.3) is 0 Å². The molecule has 2 fully saturated rings. The number of hydrogen-bond donors (Lipinski definition) is 0. The summed E-state index contributed by atoms with van der Waals surface area (Å²) < 4.78 is 0. The van der Waals surface area contributed by atoms with Gasteiger partial charge in [0.1, 0.15) is 0 Å². The molecule has 0 N–H and O–H groups in total. The minimum atomic E-state index is 0.390. The average Bonchev–Trinajstić information content (AvgIpc) is 2.76. The standard InChI is InChI=1S/C25H35N3/c1-26-16-14-25(15-17-26,13-12-23-8-4-2-5-9-23)28-20-18-27(19-21-28)22-24-10-6-3-7-11-24/h2-11H,12-22H2,1H3. The maximum atomic E-state index is 2.85. The Morgan fingerprint density at radius 1 is 0.714 bits per heavy atom. The van der Waals surface area contributed by atoms with Crippen LogP contribution in [0.4, 0.5) is 0 Å². The number of rotatable bonds is 6. The zero-order valence-corrected chi connectivity index (χ0v) is 17.4. The molecule has 0 aromatic heterocycles. The summed E-state index contributed by atoms with van der Waals surface area (Å²) in [5, 5.41) is 0. The first-order valence-electron chi connectivity index (χ1n) is 11.0. The number of piperazine rings is 1. The molecular weight excluding hydrogens is 342 g/mol. The minimum Gasteiger partial charge on any atom is -0.306 e. The summed E-state index contributed by atoms with van der Waals surface area (Å²) in [4.78, 5) is 7.99. The van der Waals surface area contributed by atoms with Gasteiger partial charge in [-0.3, -0.25) is 9.80 Å². The molecule has 2 aliphatic heterocycles. The Bertz CT molecular complexity index is 699. The molecule has 3 nitrogen and oxygen atoms in total. The molecule has 0 amide bonds. The largest absolute Gasteiger partial charge is 0.306 e. The van der Waals surface area contributed by atoms with Gasteiger partial charge >= 0.3 is 0 Å². The molecule has 0 aliphatic carbocycles. The molecule has 4 rings (SSSR count). The Balaban J connectivity index is 1.38. The number of piperidine rings is 1. The zero-order valence-electron chi connectivity index (χ0n) is 17.4. The van der Waals surface area contributed by atoms with E-state index in [2.05, 4.69) is 82.4 Å². The highest BCUT2D eigenvalue weighted by Crippen LogP contribution is 2.34. The highest BCUT2D eigenvalue weighted by Gasteiger charge is 2.39. The highest BCUT2D eigenvalue weighted by atomic mass is 15.3. The van der Waals surface area contributed by atoms with Crippen molar-refractivity contribution < 1.29 is 0 Å². The molecule has 2 aliphatic rings. The predicted molar refractivity (Wildman–Crippen MR) is 118 cm³/mol. The van der Waals surface area contributed by atoms with Crippen molar-refractivity contribution >= 4 is 0 Å². The van der Waals surface area contributed by atoms with Gasteiger partial charge in [-0.15, -0.1) is 0 Å². The Morgan fingerprint density at radius 3 is 1.89 bits per heavy atom. The van der Waals surface area contributed by atoms with Crippen molar-refractivity contribution in [1.82, 2.24) is 14.7 Å². The van der Waals surface area contributed by atoms with Crippen molar-refractivity contribution in [3.63, 3.8) is 0 Å². The molecule has 2 aromatic carbocycles. The van der Waals surface area contributed by atoms with E-state index in [0.29, 0.717) is 5.54 Å². The van der Waals surface area contributed by atoms with Crippen LogP contribution < -0.4 is 0 Å². The molecule has 2 heterocycles. The lowest BCUT2D eigenvalue weighted by Gasteiger charge is -2.51. The normalized spacial score (nSPS) is 21.6. The molecule has 2 aromatic rings. The Labute approximate surface area is 171 Å². The third-order valence-electron chi connectivity index (χ3n) is 6.93. The van der Waals surface area contributed by atoms with Crippen LogP contribution in [0.25, 0.3) is 0 Å². The summed E-state index contributed by atoms with van der Waals surface area (Å²) in [5.74, 6) is 0. The van der Waals surface area contributed by atoms with Crippen LogP contribution in [-0.2, 0) is 13.0 Å². The number of hydrogen-bond acceptors (Lipinski definition) is 3. The van der Waals surface area contributed by atoms with Crippen LogP contribution in [0.3, 0.4) is 0 Å². The summed E-state index contributed by atoms with van der Waals surface area (Å²) in [6.07, 6.45) is 5.13. The Hall–Kier alpha value is -1.68. The number of aryl methyl sites for hydroxylation is 1. The van der Waals surface area contributed by atoms with Crippen LogP contribution in [0.2, 0.25) is 0 Å². The fraction of sp³-hybridized carbons (Fsp3) is 0.520. The van der Waals surface area contributed by atoms with Gasteiger partial charge in [-0.25, -0.2) is 0 Å². The lowest BCUT2D eigenvalue weighted by atomic mass is 9.80. The van der Waals surface area contributed by atoms with E-state index < -0.39 is 0 Å². The van der Waals surface area contributed by atoms with E-state index in [1.807, 2.05) is 0 Å². The molecule has 0 unspecified atom stereocenters. The molecule has 3 heteroatoms. The lowest BCUT2D eigenvalue weighted by molar-refractivity contribution is -0.0132. The molecular formula is C25H35N3. The van der Waals surface area contributed by atoms with Gasteiger partial charge < -0.3 is 4.90 Å². The first-order valence-corrected chi connectivity index (χ1v) is 11.0. The number of nitrogens with zero attached hydrogens (tertiary/aromatic N) is 3. The second-order valence-electron chi connectivity index (χ2n) is 8.76. The van der Waals surface area contributed by atoms with Gasteiger partial charge in [-0.2, -0.15) is 0 Å². The van der Waals surface area contributed by atoms with E-state index >= 15 is 0 Å². The quantitative estimate of drug-likeness (QED) is 0.756. The third kappa shape index (κ3) is 4.83. The second-order valence-corrected chi connectivity index (χ2v) is 8.76. The summed E-state index contributed by atoms with van der Waals surface area (Å²) in [6, 6.07) is 22.0. The highest BCUT2D eigenvalue weighted by molar-refractivity contribution is 5.16. The fourth-order valence-corrected chi connectivity index (χ4v) is 5.00. The van der Waals surface area contributed by atoms with E-state index in [1.54, 1.807) is 0 Å². The van der Waals surface area contributed by atoms with Gasteiger partial charge in [0, 0.05) is 38.3 Å². The van der Waals surface area contributed by atoms with Crippen molar-refractivity contribution in [3.8, 4) is 0 Å². The van der Waals surface area contributed by atoms with Crippen LogP contribution in [0.5, 0.6) is 0 Å². The number of likely N-dealkylation sites (tertiary alicyclic amines) is 1. The van der Waals surface area contributed by atoms with Crippen molar-refractivity contribution in [3.05, 3.63) is 71.8 Å². The van der Waals surface area contributed by atoms with Gasteiger partial charge in [-0.05, 0) is 56.9 Å². The van der Waals surface area contributed by atoms with E-state index in [-0.39, 0.29) is 0 Å². The molecule has 28 heavy (non-hydrogen) atoms. The molecule has 0 atom stereocenters. The minimum absolute atomic E-state index is 0.390. The van der Waals surface area contributed by atoms with E-state index in [4.69, 9.17) is 0 Å². The summed E-state index contributed by atoms with van der Waals surface area (Å²) in [7, 11) is 2.28. The van der Waals surface area contributed by atoms with Gasteiger partial charge in [0.2, 0.25) is 0 Å². The topological polar surface area (TPSA) is 9.72 Å². The summed E-state index contributed by atoms with van der Waals surface area (Å²) in [5.41, 5.74) is 3.32. The average molecular weight is 378 g/mol. The molecule has 0 radical (unpaired) electrons. The Kier molecular flexibility index (Phi) is 6.46. The van der Waals surface area contributed by atoms with Crippen molar-refractivity contribution in [2.24, 2.45) is 0 Å². The van der Waals surface area contributed by atoms with Crippen LogP contribution in [-0.4, -0.2) is 66.6 Å². The van der Waals surface area contributed by atoms with Gasteiger partial charge in [-0.1, -0.05) is 60.7 Å². The third-order valence-corrected chi connectivity index (χ3v) is 6.93. The maximum Gasteiger partial charge on any atom is 0.0238 e. The lowest BCUT2D eigenvalue weighted by Crippen LogP contribution is -2.60. The van der Waals surface area contributed by atoms with Crippen molar-refractivity contribution in [2.45, 2.75) is 37.8 Å². The summed E-state index contributed by atoms with van der Waals surface area (Å²) >= 11 is 0. The number of benzene rings is 2. The van der Waals surface area contributed by atoms with Gasteiger partial charge in [0.05, 0.1) is 0 Å². The molecule has 0 spiro atoms. The molecule has 2 saturated heterocycles. The zero-order chi connectivity index (χ0) is 19.2. The maximum absolute atomic E-state index is 2.85. The van der Waals surface area contributed by atoms with E-state index in [9.17, 15) is 0 Å². The van der Waals surface area contributed by atoms with Crippen molar-refractivity contribution in [2.75, 3.05) is 46.3 Å². The summed E-state index contributed by atoms with van der Waals surface area (Å²) in [6.45, 7) is 8.37. The van der Waals surface area contributed by atoms with Gasteiger partial charge in [0.15, 0.2) is 0 Å². The molecule has 150 valence electrons. The first-order chi connectivity index (χ1) is 13.7. The van der Waals surface area contributed by atoms with Crippen molar-refractivity contribution in [1.29, 1.82) is 0 Å².